The van der Waals surface area contributed by atoms with Crippen molar-refractivity contribution in [2.75, 3.05) is 5.32 Å². The summed E-state index contributed by atoms with van der Waals surface area (Å²) in [5.74, 6) is 0.651. The lowest BCUT2D eigenvalue weighted by Gasteiger charge is -2.04. The molecule has 0 aliphatic carbocycles. The number of anilines is 1. The van der Waals surface area contributed by atoms with E-state index in [4.69, 9.17) is 0 Å². The lowest BCUT2D eigenvalue weighted by molar-refractivity contribution is 0.644. The molecule has 0 aromatic carbocycles. The summed E-state index contributed by atoms with van der Waals surface area (Å²) in [6.45, 7) is 8.67. The Labute approximate surface area is 116 Å². The lowest BCUT2D eigenvalue weighted by Crippen LogP contribution is -2.08. The molecule has 0 unspecified atom stereocenters. The average Bonchev–Trinajstić information content (AvgIpc) is 2.85. The normalized spacial score (nSPS) is 11.4. The van der Waals surface area contributed by atoms with Crippen LogP contribution in [-0.4, -0.2) is 16.0 Å². The van der Waals surface area contributed by atoms with Crippen molar-refractivity contribution in [1.82, 2.24) is 9.97 Å². The van der Waals surface area contributed by atoms with Crippen molar-refractivity contribution in [2.24, 2.45) is 5.92 Å². The van der Waals surface area contributed by atoms with Crippen molar-refractivity contribution < 1.29 is 0 Å². The molecule has 0 amide bonds. The fraction of sp³-hybridized carbons (Fsp3) is 0.538. The van der Waals surface area contributed by atoms with Crippen LogP contribution < -0.4 is 5.32 Å². The molecule has 2 heterocycles. The summed E-state index contributed by atoms with van der Waals surface area (Å²) in [4.78, 5) is 10.2. The van der Waals surface area contributed by atoms with Crippen LogP contribution in [-0.2, 0) is 6.42 Å². The summed E-state index contributed by atoms with van der Waals surface area (Å²) in [5.41, 5.74) is 1.04. The smallest absolute Gasteiger partial charge is 0.183 e. The Morgan fingerprint density at radius 2 is 2.06 bits per heavy atom. The van der Waals surface area contributed by atoms with E-state index in [9.17, 15) is 0 Å². The summed E-state index contributed by atoms with van der Waals surface area (Å²) < 4.78 is 0. The standard InChI is InChI=1S/C13H19N3S2/c1-8(2)5-12-14-6-11(18-12)10-7-17-13(16-10)15-9(3)4/h6-9H,5H2,1-4H3,(H,15,16). The van der Waals surface area contributed by atoms with Gasteiger partial charge in [-0.25, -0.2) is 9.97 Å². The maximum absolute atomic E-state index is 4.59. The Kier molecular flexibility index (Phi) is 4.35. The van der Waals surface area contributed by atoms with Crippen molar-refractivity contribution in [3.63, 3.8) is 0 Å². The second-order valence-corrected chi connectivity index (χ2v) is 7.03. The number of nitrogens with one attached hydrogen (secondary N) is 1. The quantitative estimate of drug-likeness (QED) is 0.888. The fourth-order valence-electron chi connectivity index (χ4n) is 1.57. The van der Waals surface area contributed by atoms with Gasteiger partial charge in [-0.05, 0) is 19.8 Å². The molecule has 18 heavy (non-hydrogen) atoms. The van der Waals surface area contributed by atoms with Crippen LogP contribution in [0.15, 0.2) is 11.6 Å². The maximum atomic E-state index is 4.59. The van der Waals surface area contributed by atoms with Gasteiger partial charge < -0.3 is 5.32 Å². The van der Waals surface area contributed by atoms with E-state index in [-0.39, 0.29) is 0 Å². The summed E-state index contributed by atoms with van der Waals surface area (Å²) in [6, 6.07) is 0.418. The van der Waals surface area contributed by atoms with Crippen molar-refractivity contribution in [3.05, 3.63) is 16.6 Å². The highest BCUT2D eigenvalue weighted by molar-refractivity contribution is 7.16. The van der Waals surface area contributed by atoms with Crippen molar-refractivity contribution in [2.45, 2.75) is 40.2 Å². The molecule has 3 nitrogen and oxygen atoms in total. The zero-order chi connectivity index (χ0) is 13.1. The first kappa shape index (κ1) is 13.5. The second kappa shape index (κ2) is 5.80. The number of thiazole rings is 2. The van der Waals surface area contributed by atoms with Crippen LogP contribution in [0.4, 0.5) is 5.13 Å². The van der Waals surface area contributed by atoms with Crippen LogP contribution in [0.3, 0.4) is 0 Å². The van der Waals surface area contributed by atoms with Gasteiger partial charge in [-0.2, -0.15) is 0 Å². The molecular weight excluding hydrogens is 262 g/mol. The number of rotatable bonds is 5. The first-order valence-electron chi connectivity index (χ1n) is 6.21. The van der Waals surface area contributed by atoms with E-state index in [2.05, 4.69) is 48.4 Å². The molecule has 98 valence electrons. The number of hydrogen-bond donors (Lipinski definition) is 1. The molecule has 0 aliphatic heterocycles. The number of aromatic nitrogens is 2. The third-order valence-corrected chi connectivity index (χ3v) is 4.12. The highest BCUT2D eigenvalue weighted by Gasteiger charge is 2.10. The van der Waals surface area contributed by atoms with Gasteiger partial charge in [0.05, 0.1) is 15.6 Å². The van der Waals surface area contributed by atoms with Crippen molar-refractivity contribution in [3.8, 4) is 10.6 Å². The molecule has 5 heteroatoms. The Hall–Kier alpha value is -0.940. The van der Waals surface area contributed by atoms with Gasteiger partial charge in [0.15, 0.2) is 5.13 Å². The van der Waals surface area contributed by atoms with E-state index in [1.807, 2.05) is 6.20 Å². The molecule has 2 aromatic rings. The average molecular weight is 281 g/mol. The predicted octanol–water partition coefficient (Wildman–Crippen LogP) is 4.29. The summed E-state index contributed by atoms with van der Waals surface area (Å²) in [5, 5.41) is 7.61. The Morgan fingerprint density at radius 3 is 2.72 bits per heavy atom. The fourth-order valence-corrected chi connectivity index (χ4v) is 3.60. The second-order valence-electron chi connectivity index (χ2n) is 5.05. The summed E-state index contributed by atoms with van der Waals surface area (Å²) >= 11 is 3.40. The van der Waals surface area contributed by atoms with Crippen molar-refractivity contribution in [1.29, 1.82) is 0 Å². The third kappa shape index (κ3) is 3.53. The van der Waals surface area contributed by atoms with E-state index in [1.165, 1.54) is 9.88 Å². The first-order chi connectivity index (χ1) is 8.54. The SMILES string of the molecule is CC(C)Cc1ncc(-c2csc(NC(C)C)n2)s1. The van der Waals surface area contributed by atoms with Gasteiger partial charge >= 0.3 is 0 Å². The first-order valence-corrected chi connectivity index (χ1v) is 7.91. The number of hydrogen-bond acceptors (Lipinski definition) is 5. The van der Waals surface area contributed by atoms with E-state index in [1.54, 1.807) is 22.7 Å². The topological polar surface area (TPSA) is 37.8 Å². The van der Waals surface area contributed by atoms with Crippen LogP contribution in [0.5, 0.6) is 0 Å². The van der Waals surface area contributed by atoms with Gasteiger partial charge in [-0.3, -0.25) is 0 Å². The van der Waals surface area contributed by atoms with Crippen LogP contribution >= 0.6 is 22.7 Å². The van der Waals surface area contributed by atoms with E-state index < -0.39 is 0 Å². The van der Waals surface area contributed by atoms with Crippen LogP contribution in [0.25, 0.3) is 10.6 Å². The van der Waals surface area contributed by atoms with E-state index in [0.717, 1.165) is 17.2 Å². The van der Waals surface area contributed by atoms with Crippen LogP contribution in [0.1, 0.15) is 32.7 Å². The third-order valence-electron chi connectivity index (χ3n) is 2.31. The molecular formula is C13H19N3S2. The Morgan fingerprint density at radius 1 is 1.28 bits per heavy atom. The van der Waals surface area contributed by atoms with E-state index >= 15 is 0 Å². The van der Waals surface area contributed by atoms with Crippen molar-refractivity contribution >= 4 is 27.8 Å². The largest absolute Gasteiger partial charge is 0.359 e. The maximum Gasteiger partial charge on any atom is 0.183 e. The van der Waals surface area contributed by atoms with Crippen LogP contribution in [0, 0.1) is 5.92 Å². The molecule has 0 saturated heterocycles. The zero-order valence-corrected chi connectivity index (χ0v) is 12.9. The van der Waals surface area contributed by atoms with Gasteiger partial charge in [-0.15, -0.1) is 22.7 Å². The molecule has 0 saturated carbocycles. The number of nitrogens with zero attached hydrogens (tertiary/aromatic N) is 2. The van der Waals surface area contributed by atoms with Gasteiger partial charge in [0.25, 0.3) is 0 Å². The molecule has 2 aromatic heterocycles. The lowest BCUT2D eigenvalue weighted by atomic mass is 10.1. The molecule has 0 aliphatic rings. The predicted molar refractivity (Wildman–Crippen MR) is 80.5 cm³/mol. The molecule has 0 radical (unpaired) electrons. The molecule has 0 spiro atoms. The monoisotopic (exact) mass is 281 g/mol. The highest BCUT2D eigenvalue weighted by Crippen LogP contribution is 2.30. The molecule has 0 bridgehead atoms. The molecule has 0 atom stereocenters. The van der Waals surface area contributed by atoms with Crippen LogP contribution in [0.2, 0.25) is 0 Å². The van der Waals surface area contributed by atoms with Gasteiger partial charge in [-0.1, -0.05) is 13.8 Å². The molecule has 0 fully saturated rings. The Balaban J connectivity index is 2.11. The molecule has 1 N–H and O–H groups in total. The minimum atomic E-state index is 0.418. The van der Waals surface area contributed by atoms with Gasteiger partial charge in [0.2, 0.25) is 0 Å². The zero-order valence-electron chi connectivity index (χ0n) is 11.2. The van der Waals surface area contributed by atoms with Gasteiger partial charge in [0, 0.05) is 24.0 Å². The summed E-state index contributed by atoms with van der Waals surface area (Å²) in [7, 11) is 0. The molecule has 2 rings (SSSR count). The highest BCUT2D eigenvalue weighted by atomic mass is 32.1. The van der Waals surface area contributed by atoms with E-state index in [0.29, 0.717) is 12.0 Å². The minimum Gasteiger partial charge on any atom is -0.359 e. The Bertz CT molecular complexity index is 454. The summed E-state index contributed by atoms with van der Waals surface area (Å²) in [6.07, 6.45) is 2.99. The minimum absolute atomic E-state index is 0.418. The van der Waals surface area contributed by atoms with Gasteiger partial charge in [0.1, 0.15) is 0 Å².